The van der Waals surface area contributed by atoms with Crippen LogP contribution in [0.15, 0.2) is 0 Å². The van der Waals surface area contributed by atoms with Gasteiger partial charge in [-0.2, -0.15) is 8.78 Å². The number of hydrogen-bond acceptors (Lipinski definition) is 2. The maximum atomic E-state index is 12.6. The first-order valence-electron chi connectivity index (χ1n) is 4.70. The Balaban J connectivity index is 4.79. The van der Waals surface area contributed by atoms with Crippen molar-refractivity contribution in [2.24, 2.45) is 0 Å². The summed E-state index contributed by atoms with van der Waals surface area (Å²) in [6, 6.07) is 0. The van der Waals surface area contributed by atoms with Crippen LogP contribution in [0.25, 0.3) is 0 Å². The molecule has 0 N–H and O–H groups in total. The topological polar surface area (TPSA) is 29.5 Å². The average molecular weight is 229 g/mol. The molecule has 0 radical (unpaired) electrons. The molecule has 0 fully saturated rings. The summed E-state index contributed by atoms with van der Waals surface area (Å²) in [6.45, 7) is 7.15. The molecule has 0 spiro atoms. The third-order valence-electron chi connectivity index (χ3n) is 1.73. The Morgan fingerprint density at radius 2 is 1.71 bits per heavy atom. The molecule has 0 amide bonds. The van der Waals surface area contributed by atoms with Crippen LogP contribution in [0, 0.1) is 0 Å². The van der Waals surface area contributed by atoms with Gasteiger partial charge in [-0.15, -0.1) is 0 Å². The molecule has 0 aromatic carbocycles. The molecule has 0 saturated heterocycles. The maximum Gasteiger partial charge on any atom is 0.337 e. The summed E-state index contributed by atoms with van der Waals surface area (Å²) in [4.78, 5) is 0. The van der Waals surface area contributed by atoms with Gasteiger partial charge in [0.1, 0.15) is 0 Å². The van der Waals surface area contributed by atoms with E-state index in [-0.39, 0.29) is 0 Å². The van der Waals surface area contributed by atoms with Crippen molar-refractivity contribution < 1.29 is 17.9 Å². The molecule has 86 valence electrons. The molecule has 3 nitrogen and oxygen atoms in total. The van der Waals surface area contributed by atoms with Crippen LogP contribution < -0.4 is 0 Å². The fourth-order valence-electron chi connectivity index (χ4n) is 1.16. The van der Waals surface area contributed by atoms with Crippen LogP contribution in [-0.4, -0.2) is 30.0 Å². The summed E-state index contributed by atoms with van der Waals surface area (Å²) in [6.07, 6.45) is -3.40. The lowest BCUT2D eigenvalue weighted by atomic mass is 10.5. The molecule has 0 saturated carbocycles. The van der Waals surface area contributed by atoms with Crippen LogP contribution in [0.4, 0.5) is 8.78 Å². The van der Waals surface area contributed by atoms with Crippen LogP contribution in [-0.2, 0) is 9.09 Å². The Morgan fingerprint density at radius 3 is 1.93 bits per heavy atom. The molecule has 1 unspecified atom stereocenters. The molecule has 0 aromatic heterocycles. The summed E-state index contributed by atoms with van der Waals surface area (Å²) < 4.78 is 43.2. The van der Waals surface area contributed by atoms with Crippen molar-refractivity contribution in [1.82, 2.24) is 4.67 Å². The first-order valence-corrected chi connectivity index (χ1v) is 6.34. The Hall–Kier alpha value is 0.01000. The van der Waals surface area contributed by atoms with Crippen LogP contribution in [0.2, 0.25) is 0 Å². The van der Waals surface area contributed by atoms with E-state index in [9.17, 15) is 13.3 Å². The van der Waals surface area contributed by atoms with Crippen molar-refractivity contribution in [3.8, 4) is 0 Å². The average Bonchev–Trinajstić information content (AvgIpc) is 2.04. The predicted octanol–water partition coefficient (Wildman–Crippen LogP) is 3.17. The lowest BCUT2D eigenvalue weighted by Crippen LogP contribution is -2.26. The zero-order valence-electron chi connectivity index (χ0n) is 9.04. The molecule has 0 aliphatic rings. The van der Waals surface area contributed by atoms with Gasteiger partial charge < -0.3 is 4.52 Å². The van der Waals surface area contributed by atoms with Gasteiger partial charge in [-0.05, 0) is 13.8 Å². The van der Waals surface area contributed by atoms with Crippen LogP contribution >= 0.6 is 7.52 Å². The number of rotatable bonds is 6. The van der Waals surface area contributed by atoms with Crippen LogP contribution in [0.3, 0.4) is 0 Å². The lowest BCUT2D eigenvalue weighted by Gasteiger charge is -2.29. The lowest BCUT2D eigenvalue weighted by molar-refractivity contribution is 0.141. The van der Waals surface area contributed by atoms with E-state index in [1.54, 1.807) is 27.7 Å². The third kappa shape index (κ3) is 3.30. The second kappa shape index (κ2) is 5.79. The van der Waals surface area contributed by atoms with Crippen molar-refractivity contribution >= 4 is 7.52 Å². The largest absolute Gasteiger partial charge is 0.337 e. The summed E-state index contributed by atoms with van der Waals surface area (Å²) in [5.41, 5.74) is 0. The highest BCUT2D eigenvalue weighted by Crippen LogP contribution is 2.57. The molecule has 1 atom stereocenters. The second-order valence-corrected chi connectivity index (χ2v) is 5.43. The van der Waals surface area contributed by atoms with E-state index in [0.29, 0.717) is 13.1 Å². The molecule has 0 heterocycles. The summed E-state index contributed by atoms with van der Waals surface area (Å²) in [7, 11) is -3.96. The number of halogens is 2. The van der Waals surface area contributed by atoms with E-state index in [2.05, 4.69) is 0 Å². The summed E-state index contributed by atoms with van der Waals surface area (Å²) >= 11 is 0. The zero-order valence-corrected chi connectivity index (χ0v) is 9.93. The van der Waals surface area contributed by atoms with Gasteiger partial charge in [-0.1, -0.05) is 13.8 Å². The number of alkyl halides is 2. The third-order valence-corrected chi connectivity index (χ3v) is 4.30. The van der Waals surface area contributed by atoms with Crippen molar-refractivity contribution in [3.63, 3.8) is 0 Å². The summed E-state index contributed by atoms with van der Waals surface area (Å²) in [5, 5.41) is 0. The molecular formula is C8H18F2NO2P. The van der Waals surface area contributed by atoms with Crippen LogP contribution in [0.1, 0.15) is 27.7 Å². The molecule has 0 bridgehead atoms. The maximum absolute atomic E-state index is 12.6. The molecule has 6 heteroatoms. The number of nitrogens with zero attached hydrogens (tertiary/aromatic N) is 1. The van der Waals surface area contributed by atoms with Crippen LogP contribution in [0.5, 0.6) is 0 Å². The molecular weight excluding hydrogens is 211 g/mol. The minimum atomic E-state index is -3.96. The minimum Gasteiger partial charge on any atom is -0.311 e. The smallest absolute Gasteiger partial charge is 0.311 e. The van der Waals surface area contributed by atoms with E-state index in [4.69, 9.17) is 4.52 Å². The standard InChI is InChI=1S/C8H18F2NO2P/c1-5-11(6-2)14(12,8(9)10)13-7(3)4/h7-8H,5-6H2,1-4H3. The Labute approximate surface area is 83.9 Å². The fraction of sp³-hybridized carbons (Fsp3) is 1.00. The van der Waals surface area contributed by atoms with Crippen molar-refractivity contribution in [1.29, 1.82) is 0 Å². The molecule has 0 aliphatic carbocycles. The minimum absolute atomic E-state index is 0.296. The van der Waals surface area contributed by atoms with Crippen molar-refractivity contribution in [2.45, 2.75) is 40.0 Å². The van der Waals surface area contributed by atoms with E-state index < -0.39 is 19.8 Å². The highest BCUT2D eigenvalue weighted by atomic mass is 31.2. The van der Waals surface area contributed by atoms with E-state index in [1.807, 2.05) is 0 Å². The van der Waals surface area contributed by atoms with Gasteiger partial charge in [0.25, 0.3) is 0 Å². The molecule has 0 aromatic rings. The predicted molar refractivity (Wildman–Crippen MR) is 52.8 cm³/mol. The monoisotopic (exact) mass is 229 g/mol. The van der Waals surface area contributed by atoms with Crippen molar-refractivity contribution in [2.75, 3.05) is 13.1 Å². The normalized spacial score (nSPS) is 16.6. The molecule has 0 rings (SSSR count). The van der Waals surface area contributed by atoms with Gasteiger partial charge in [0, 0.05) is 13.1 Å². The molecule has 0 aliphatic heterocycles. The van der Waals surface area contributed by atoms with Gasteiger partial charge in [-0.25, -0.2) is 4.67 Å². The SMILES string of the molecule is CCN(CC)P(=O)(OC(C)C)C(F)F. The summed E-state index contributed by atoms with van der Waals surface area (Å²) in [5.74, 6) is 0. The highest BCUT2D eigenvalue weighted by molar-refractivity contribution is 7.56. The van der Waals surface area contributed by atoms with Gasteiger partial charge in [0.05, 0.1) is 6.10 Å². The van der Waals surface area contributed by atoms with Gasteiger partial charge in [0.15, 0.2) is 0 Å². The van der Waals surface area contributed by atoms with E-state index >= 15 is 0 Å². The van der Waals surface area contributed by atoms with E-state index in [0.717, 1.165) is 0 Å². The fourth-order valence-corrected chi connectivity index (χ4v) is 3.02. The van der Waals surface area contributed by atoms with E-state index in [1.165, 1.54) is 4.67 Å². The number of hydrogen-bond donors (Lipinski definition) is 0. The highest BCUT2D eigenvalue weighted by Gasteiger charge is 2.40. The quantitative estimate of drug-likeness (QED) is 0.655. The van der Waals surface area contributed by atoms with Gasteiger partial charge in [0.2, 0.25) is 0 Å². The Morgan fingerprint density at radius 1 is 1.29 bits per heavy atom. The van der Waals surface area contributed by atoms with Gasteiger partial charge >= 0.3 is 13.7 Å². The second-order valence-electron chi connectivity index (χ2n) is 3.13. The van der Waals surface area contributed by atoms with Crippen molar-refractivity contribution in [3.05, 3.63) is 0 Å². The Kier molecular flexibility index (Phi) is 5.79. The molecule has 14 heavy (non-hydrogen) atoms. The van der Waals surface area contributed by atoms with Gasteiger partial charge in [-0.3, -0.25) is 4.57 Å². The zero-order chi connectivity index (χ0) is 11.4. The first kappa shape index (κ1) is 14.0. The Bertz CT molecular complexity index is 208. The first-order chi connectivity index (χ1) is 6.38.